The number of hydrogen-bond donors (Lipinski definition) is 0. The predicted octanol–water partition coefficient (Wildman–Crippen LogP) is 5.70. The number of benzene rings is 2. The zero-order valence-electron chi connectivity index (χ0n) is 18.4. The summed E-state index contributed by atoms with van der Waals surface area (Å²) in [5, 5.41) is 1.02. The Morgan fingerprint density at radius 1 is 1.00 bits per heavy atom. The van der Waals surface area contributed by atoms with Crippen LogP contribution in [-0.4, -0.2) is 32.9 Å². The lowest BCUT2D eigenvalue weighted by Crippen LogP contribution is -2.24. The molecule has 5 nitrogen and oxygen atoms in total. The molecule has 1 aromatic heterocycles. The Labute approximate surface area is 183 Å². The maximum atomic E-state index is 5.61. The van der Waals surface area contributed by atoms with E-state index in [1.54, 1.807) is 32.7 Å². The first kappa shape index (κ1) is 22.1. The molecule has 0 aliphatic carbocycles. The van der Waals surface area contributed by atoms with Crippen molar-refractivity contribution in [3.8, 4) is 22.8 Å². The van der Waals surface area contributed by atoms with Gasteiger partial charge < -0.3 is 19.1 Å². The zero-order chi connectivity index (χ0) is 21.5. The Bertz CT molecular complexity index is 971. The summed E-state index contributed by atoms with van der Waals surface area (Å²) >= 11 is 1.72. The quantitative estimate of drug-likeness (QED) is 0.416. The molecule has 3 aromatic rings. The smallest absolute Gasteiger partial charge is 0.186 e. The maximum absolute atomic E-state index is 5.61. The van der Waals surface area contributed by atoms with Crippen molar-refractivity contribution in [3.05, 3.63) is 58.5 Å². The van der Waals surface area contributed by atoms with Crippen molar-refractivity contribution in [1.82, 2.24) is 4.98 Å². The van der Waals surface area contributed by atoms with Crippen LogP contribution in [0.5, 0.6) is 11.5 Å². The van der Waals surface area contributed by atoms with Crippen LogP contribution in [-0.2, 0) is 17.9 Å². The molecule has 0 bridgehead atoms. The molecule has 0 saturated heterocycles. The molecular formula is C24H30N2O3S. The third-order valence-corrected chi connectivity index (χ3v) is 6.02. The van der Waals surface area contributed by atoms with E-state index in [4.69, 9.17) is 19.2 Å². The Morgan fingerprint density at radius 3 is 2.43 bits per heavy atom. The third-order valence-electron chi connectivity index (χ3n) is 4.99. The molecule has 0 fully saturated rings. The fourth-order valence-electron chi connectivity index (χ4n) is 3.49. The Hall–Kier alpha value is -2.57. The number of aromatic nitrogens is 1. The van der Waals surface area contributed by atoms with Gasteiger partial charge in [0.1, 0.15) is 11.5 Å². The lowest BCUT2D eigenvalue weighted by atomic mass is 10.1. The lowest BCUT2D eigenvalue weighted by Gasteiger charge is -2.22. The van der Waals surface area contributed by atoms with E-state index in [9.17, 15) is 0 Å². The predicted molar refractivity (Wildman–Crippen MR) is 124 cm³/mol. The van der Waals surface area contributed by atoms with Gasteiger partial charge in [-0.1, -0.05) is 31.2 Å². The molecule has 0 spiro atoms. The molecule has 0 atom stereocenters. The topological polar surface area (TPSA) is 43.8 Å². The molecular weight excluding hydrogens is 396 g/mol. The molecule has 30 heavy (non-hydrogen) atoms. The first-order valence-electron chi connectivity index (χ1n) is 10.1. The highest BCUT2D eigenvalue weighted by molar-refractivity contribution is 7.16. The highest BCUT2D eigenvalue weighted by Crippen LogP contribution is 2.39. The molecule has 2 aromatic carbocycles. The van der Waals surface area contributed by atoms with E-state index < -0.39 is 0 Å². The van der Waals surface area contributed by atoms with Gasteiger partial charge in [0.25, 0.3) is 0 Å². The van der Waals surface area contributed by atoms with Crippen molar-refractivity contribution in [2.75, 3.05) is 32.8 Å². The van der Waals surface area contributed by atoms with E-state index in [1.807, 2.05) is 18.2 Å². The molecule has 0 saturated carbocycles. The van der Waals surface area contributed by atoms with E-state index >= 15 is 0 Å². The van der Waals surface area contributed by atoms with Crippen LogP contribution in [0.1, 0.15) is 29.3 Å². The number of thiazole rings is 1. The summed E-state index contributed by atoms with van der Waals surface area (Å²) in [6.07, 6.45) is 1.05. The summed E-state index contributed by atoms with van der Waals surface area (Å²) in [7, 11) is 5.07. The SMILES string of the molecule is CCCN(Cc1ccccc1COC)c1nc(-c2ccc(OC)cc2OC)c(C)s1. The van der Waals surface area contributed by atoms with E-state index in [0.29, 0.717) is 6.61 Å². The molecule has 3 rings (SSSR count). The maximum Gasteiger partial charge on any atom is 0.186 e. The van der Waals surface area contributed by atoms with E-state index in [2.05, 4.69) is 43.0 Å². The van der Waals surface area contributed by atoms with Gasteiger partial charge in [0.05, 0.1) is 26.5 Å². The molecule has 0 aliphatic rings. The Kier molecular flexibility index (Phi) is 7.71. The summed E-state index contributed by atoms with van der Waals surface area (Å²) in [6, 6.07) is 14.3. The van der Waals surface area contributed by atoms with Crippen molar-refractivity contribution in [1.29, 1.82) is 0 Å². The first-order valence-corrected chi connectivity index (χ1v) is 10.9. The van der Waals surface area contributed by atoms with Crippen molar-refractivity contribution < 1.29 is 14.2 Å². The molecule has 0 unspecified atom stereocenters. The van der Waals surface area contributed by atoms with Gasteiger partial charge in [-0.3, -0.25) is 0 Å². The summed E-state index contributed by atoms with van der Waals surface area (Å²) in [5.74, 6) is 1.54. The van der Waals surface area contributed by atoms with Crippen LogP contribution in [0.4, 0.5) is 5.13 Å². The van der Waals surface area contributed by atoms with Gasteiger partial charge in [-0.25, -0.2) is 4.98 Å². The molecule has 0 N–H and O–H groups in total. The van der Waals surface area contributed by atoms with Gasteiger partial charge in [0, 0.05) is 36.7 Å². The summed E-state index contributed by atoms with van der Waals surface area (Å²) in [5.41, 5.74) is 4.42. The van der Waals surface area contributed by atoms with Gasteiger partial charge >= 0.3 is 0 Å². The van der Waals surface area contributed by atoms with Gasteiger partial charge in [-0.05, 0) is 36.6 Å². The van der Waals surface area contributed by atoms with Crippen molar-refractivity contribution >= 4 is 16.5 Å². The van der Waals surface area contributed by atoms with Crippen molar-refractivity contribution in [3.63, 3.8) is 0 Å². The molecule has 0 amide bonds. The highest BCUT2D eigenvalue weighted by Gasteiger charge is 2.19. The summed E-state index contributed by atoms with van der Waals surface area (Å²) in [6.45, 7) is 6.67. The number of ether oxygens (including phenoxy) is 3. The van der Waals surface area contributed by atoms with Crippen LogP contribution in [0.2, 0.25) is 0 Å². The fraction of sp³-hybridized carbons (Fsp3) is 0.375. The van der Waals surface area contributed by atoms with Crippen LogP contribution in [0.15, 0.2) is 42.5 Å². The highest BCUT2D eigenvalue weighted by atomic mass is 32.1. The molecule has 1 heterocycles. The van der Waals surface area contributed by atoms with Crippen molar-refractivity contribution in [2.45, 2.75) is 33.4 Å². The van der Waals surface area contributed by atoms with Gasteiger partial charge in [-0.2, -0.15) is 0 Å². The summed E-state index contributed by atoms with van der Waals surface area (Å²) < 4.78 is 16.3. The monoisotopic (exact) mass is 426 g/mol. The van der Waals surface area contributed by atoms with Crippen molar-refractivity contribution in [2.24, 2.45) is 0 Å². The molecule has 6 heteroatoms. The molecule has 0 aliphatic heterocycles. The van der Waals surface area contributed by atoms with Gasteiger partial charge in [0.2, 0.25) is 0 Å². The molecule has 0 radical (unpaired) electrons. The second-order valence-corrected chi connectivity index (χ2v) is 8.27. The van der Waals surface area contributed by atoms with Gasteiger partial charge in [-0.15, -0.1) is 11.3 Å². The lowest BCUT2D eigenvalue weighted by molar-refractivity contribution is 0.184. The minimum absolute atomic E-state index is 0.612. The van der Waals surface area contributed by atoms with Crippen LogP contribution in [0.3, 0.4) is 0 Å². The average molecular weight is 427 g/mol. The number of hydrogen-bond acceptors (Lipinski definition) is 6. The first-order chi connectivity index (χ1) is 14.6. The molecule has 160 valence electrons. The minimum atomic E-state index is 0.612. The van der Waals surface area contributed by atoms with Gasteiger partial charge in [0.15, 0.2) is 5.13 Å². The second-order valence-electron chi connectivity index (χ2n) is 7.09. The normalized spacial score (nSPS) is 10.8. The van der Waals surface area contributed by atoms with Crippen LogP contribution < -0.4 is 14.4 Å². The number of methoxy groups -OCH3 is 3. The Morgan fingerprint density at radius 2 is 1.77 bits per heavy atom. The van der Waals surface area contributed by atoms with Crippen LogP contribution in [0.25, 0.3) is 11.3 Å². The number of anilines is 1. The van der Waals surface area contributed by atoms with E-state index in [0.717, 1.165) is 47.4 Å². The summed E-state index contributed by atoms with van der Waals surface area (Å²) in [4.78, 5) is 8.55. The third kappa shape index (κ3) is 4.94. The average Bonchev–Trinajstić information content (AvgIpc) is 3.15. The van der Waals surface area contributed by atoms with E-state index in [-0.39, 0.29) is 0 Å². The largest absolute Gasteiger partial charge is 0.497 e. The van der Waals surface area contributed by atoms with E-state index in [1.165, 1.54) is 16.0 Å². The Balaban J connectivity index is 1.95. The number of rotatable bonds is 10. The second kappa shape index (κ2) is 10.5. The zero-order valence-corrected chi connectivity index (χ0v) is 19.2. The van der Waals surface area contributed by atoms with Crippen LogP contribution in [0, 0.1) is 6.92 Å². The minimum Gasteiger partial charge on any atom is -0.497 e. The number of aryl methyl sites for hydroxylation is 1. The standard InChI is InChI=1S/C24H30N2O3S/c1-6-13-26(15-18-9-7-8-10-19(18)16-27-3)24-25-23(17(2)30-24)21-12-11-20(28-4)14-22(21)29-5/h7-12,14H,6,13,15-16H2,1-5H3. The number of nitrogens with zero attached hydrogens (tertiary/aromatic N) is 2. The fourth-order valence-corrected chi connectivity index (χ4v) is 4.44. The van der Waals surface area contributed by atoms with Crippen LogP contribution >= 0.6 is 11.3 Å².